The highest BCUT2D eigenvalue weighted by Crippen LogP contribution is 2.30. The summed E-state index contributed by atoms with van der Waals surface area (Å²) in [5.74, 6) is -0.680. The second-order valence-electron chi connectivity index (χ2n) is 8.43. The molecule has 0 atom stereocenters. The van der Waals surface area contributed by atoms with Crippen LogP contribution in [0.3, 0.4) is 0 Å². The van der Waals surface area contributed by atoms with Gasteiger partial charge in [0.1, 0.15) is 23.0 Å². The first kappa shape index (κ1) is 21.3. The maximum Gasteiger partial charge on any atom is 0.274 e. The van der Waals surface area contributed by atoms with Crippen LogP contribution in [0.2, 0.25) is 0 Å². The van der Waals surface area contributed by atoms with Crippen molar-refractivity contribution in [2.45, 2.75) is 13.0 Å². The van der Waals surface area contributed by atoms with Gasteiger partial charge in [0.05, 0.1) is 6.04 Å². The molecule has 0 saturated carbocycles. The summed E-state index contributed by atoms with van der Waals surface area (Å²) < 4.78 is 28.9. The van der Waals surface area contributed by atoms with Crippen LogP contribution in [0, 0.1) is 18.6 Å². The Labute approximate surface area is 190 Å². The quantitative estimate of drug-likeness (QED) is 0.465. The van der Waals surface area contributed by atoms with E-state index in [-0.39, 0.29) is 23.6 Å². The minimum Gasteiger partial charge on any atom is -0.335 e. The number of halogens is 2. The number of aromatic nitrogens is 2. The van der Waals surface area contributed by atoms with Gasteiger partial charge in [0, 0.05) is 38.6 Å². The number of carbonyl (C=O) groups excluding carboxylic acids is 1. The molecule has 0 N–H and O–H groups in total. The molecule has 1 aliphatic rings. The fraction of sp³-hybridized carbons (Fsp3) is 0.231. The number of aryl methyl sites for hydroxylation is 1. The fourth-order valence-electron chi connectivity index (χ4n) is 4.44. The molecule has 0 unspecified atom stereocenters. The van der Waals surface area contributed by atoms with Gasteiger partial charge in [-0.15, -0.1) is 0 Å². The summed E-state index contributed by atoms with van der Waals surface area (Å²) in [6, 6.07) is 16.6. The summed E-state index contributed by atoms with van der Waals surface area (Å²) in [4.78, 5) is 21.7. The lowest BCUT2D eigenvalue weighted by molar-refractivity contribution is 0.0592. The third-order valence-electron chi connectivity index (χ3n) is 6.17. The van der Waals surface area contributed by atoms with Gasteiger partial charge in [0.2, 0.25) is 0 Å². The predicted octanol–water partition coefficient (Wildman–Crippen LogP) is 4.47. The van der Waals surface area contributed by atoms with Crippen molar-refractivity contribution in [3.05, 3.63) is 107 Å². The zero-order valence-corrected chi connectivity index (χ0v) is 18.3. The van der Waals surface area contributed by atoms with Gasteiger partial charge in [-0.1, -0.05) is 24.3 Å². The summed E-state index contributed by atoms with van der Waals surface area (Å²) >= 11 is 0. The van der Waals surface area contributed by atoms with Crippen LogP contribution in [0.1, 0.15) is 33.2 Å². The van der Waals surface area contributed by atoms with Crippen molar-refractivity contribution in [2.75, 3.05) is 26.2 Å². The standard InChI is InChI=1S/C26H24F2N4O/c1-18-10-11-32-17-23(29-24(32)16-18)26(33)31-14-12-30(13-15-31)25(19-2-6-21(27)7-3-19)20-4-8-22(28)9-5-20/h2-11,16-17,25H,12-15H2,1H3. The van der Waals surface area contributed by atoms with Gasteiger partial charge in [0.25, 0.3) is 5.91 Å². The molecule has 1 aliphatic heterocycles. The Hall–Kier alpha value is -3.58. The van der Waals surface area contributed by atoms with Crippen molar-refractivity contribution in [3.63, 3.8) is 0 Å². The second-order valence-corrected chi connectivity index (χ2v) is 8.43. The zero-order valence-electron chi connectivity index (χ0n) is 18.3. The van der Waals surface area contributed by atoms with E-state index in [1.807, 2.05) is 34.6 Å². The van der Waals surface area contributed by atoms with E-state index in [4.69, 9.17) is 0 Å². The Morgan fingerprint density at radius 3 is 2.03 bits per heavy atom. The highest BCUT2D eigenvalue weighted by atomic mass is 19.1. The molecule has 7 heteroatoms. The van der Waals surface area contributed by atoms with Crippen LogP contribution in [0.15, 0.2) is 73.1 Å². The smallest absolute Gasteiger partial charge is 0.274 e. The number of pyridine rings is 1. The van der Waals surface area contributed by atoms with Crippen molar-refractivity contribution < 1.29 is 13.6 Å². The molecule has 2 aromatic carbocycles. The minimum atomic E-state index is -0.297. The molecular formula is C26H24F2N4O. The molecule has 4 aromatic rings. The van der Waals surface area contributed by atoms with Gasteiger partial charge >= 0.3 is 0 Å². The topological polar surface area (TPSA) is 40.9 Å². The SMILES string of the molecule is Cc1ccn2cc(C(=O)N3CCN(C(c4ccc(F)cc4)c4ccc(F)cc4)CC3)nc2c1. The van der Waals surface area contributed by atoms with Gasteiger partial charge in [-0.25, -0.2) is 13.8 Å². The summed E-state index contributed by atoms with van der Waals surface area (Å²) in [5.41, 5.74) is 4.14. The lowest BCUT2D eigenvalue weighted by Gasteiger charge is -2.39. The van der Waals surface area contributed by atoms with E-state index in [1.54, 1.807) is 30.5 Å². The summed E-state index contributed by atoms with van der Waals surface area (Å²) in [7, 11) is 0. The highest BCUT2D eigenvalue weighted by molar-refractivity contribution is 5.93. The number of hydrogen-bond acceptors (Lipinski definition) is 3. The van der Waals surface area contributed by atoms with E-state index in [1.165, 1.54) is 24.3 Å². The van der Waals surface area contributed by atoms with Gasteiger partial charge in [-0.3, -0.25) is 9.69 Å². The van der Waals surface area contributed by atoms with E-state index >= 15 is 0 Å². The first-order valence-corrected chi connectivity index (χ1v) is 11.0. The summed E-state index contributed by atoms with van der Waals surface area (Å²) in [5, 5.41) is 0. The number of piperazine rings is 1. The number of nitrogens with zero attached hydrogens (tertiary/aromatic N) is 4. The minimum absolute atomic E-state index is 0.0869. The van der Waals surface area contributed by atoms with E-state index in [0.29, 0.717) is 31.9 Å². The Kier molecular flexibility index (Phi) is 5.64. The van der Waals surface area contributed by atoms with Crippen molar-refractivity contribution in [1.29, 1.82) is 0 Å². The number of rotatable bonds is 4. The molecule has 3 heterocycles. The number of benzene rings is 2. The molecule has 0 bridgehead atoms. The van der Waals surface area contributed by atoms with Crippen LogP contribution in [0.5, 0.6) is 0 Å². The fourth-order valence-corrected chi connectivity index (χ4v) is 4.44. The van der Waals surface area contributed by atoms with Crippen molar-refractivity contribution >= 4 is 11.6 Å². The van der Waals surface area contributed by atoms with Crippen molar-refractivity contribution in [1.82, 2.24) is 19.2 Å². The third-order valence-corrected chi connectivity index (χ3v) is 6.17. The van der Waals surface area contributed by atoms with Crippen LogP contribution in [-0.4, -0.2) is 51.3 Å². The Morgan fingerprint density at radius 1 is 0.879 bits per heavy atom. The first-order chi connectivity index (χ1) is 16.0. The van der Waals surface area contributed by atoms with E-state index in [2.05, 4.69) is 9.88 Å². The molecular weight excluding hydrogens is 422 g/mol. The van der Waals surface area contributed by atoms with Crippen LogP contribution in [0.4, 0.5) is 8.78 Å². The predicted molar refractivity (Wildman–Crippen MR) is 122 cm³/mol. The average Bonchev–Trinajstić information content (AvgIpc) is 3.25. The number of hydrogen-bond donors (Lipinski definition) is 0. The maximum absolute atomic E-state index is 13.5. The highest BCUT2D eigenvalue weighted by Gasteiger charge is 2.29. The molecule has 5 rings (SSSR count). The Balaban J connectivity index is 1.35. The van der Waals surface area contributed by atoms with Gasteiger partial charge in [0.15, 0.2) is 0 Å². The maximum atomic E-state index is 13.5. The average molecular weight is 447 g/mol. The molecule has 168 valence electrons. The monoisotopic (exact) mass is 446 g/mol. The Morgan fingerprint density at radius 2 is 1.45 bits per heavy atom. The van der Waals surface area contributed by atoms with Gasteiger partial charge in [-0.2, -0.15) is 0 Å². The van der Waals surface area contributed by atoms with Crippen LogP contribution < -0.4 is 0 Å². The normalized spacial score (nSPS) is 14.8. The summed E-state index contributed by atoms with van der Waals surface area (Å²) in [6.07, 6.45) is 3.67. The van der Waals surface area contributed by atoms with E-state index < -0.39 is 0 Å². The van der Waals surface area contributed by atoms with Crippen LogP contribution >= 0.6 is 0 Å². The molecule has 0 aliphatic carbocycles. The largest absolute Gasteiger partial charge is 0.335 e. The molecule has 1 saturated heterocycles. The molecule has 5 nitrogen and oxygen atoms in total. The van der Waals surface area contributed by atoms with Crippen molar-refractivity contribution in [2.24, 2.45) is 0 Å². The van der Waals surface area contributed by atoms with Crippen LogP contribution in [-0.2, 0) is 0 Å². The summed E-state index contributed by atoms with van der Waals surface area (Å²) in [6.45, 7) is 4.36. The molecule has 1 amide bonds. The molecule has 0 spiro atoms. The lowest BCUT2D eigenvalue weighted by Crippen LogP contribution is -2.50. The van der Waals surface area contributed by atoms with E-state index in [0.717, 1.165) is 22.3 Å². The second kappa shape index (κ2) is 8.75. The number of amides is 1. The van der Waals surface area contributed by atoms with Gasteiger partial charge < -0.3 is 9.30 Å². The number of carbonyl (C=O) groups is 1. The number of imidazole rings is 1. The Bertz CT molecular complexity index is 1230. The lowest BCUT2D eigenvalue weighted by atomic mass is 9.96. The molecule has 2 aromatic heterocycles. The van der Waals surface area contributed by atoms with E-state index in [9.17, 15) is 13.6 Å². The van der Waals surface area contributed by atoms with Crippen LogP contribution in [0.25, 0.3) is 5.65 Å². The van der Waals surface area contributed by atoms with Crippen molar-refractivity contribution in [3.8, 4) is 0 Å². The molecule has 33 heavy (non-hydrogen) atoms. The number of fused-ring (bicyclic) bond motifs is 1. The molecule has 1 fully saturated rings. The zero-order chi connectivity index (χ0) is 22.9. The first-order valence-electron chi connectivity index (χ1n) is 11.0. The third kappa shape index (κ3) is 4.36. The molecule has 0 radical (unpaired) electrons. The van der Waals surface area contributed by atoms with Gasteiger partial charge in [-0.05, 0) is 60.0 Å².